The van der Waals surface area contributed by atoms with Gasteiger partial charge in [-0.1, -0.05) is 0 Å². The molecule has 0 aromatic rings. The highest BCUT2D eigenvalue weighted by Crippen LogP contribution is 2.13. The second kappa shape index (κ2) is 5.79. The molecule has 0 aromatic carbocycles. The Bertz CT molecular complexity index is 179. The Balaban J connectivity index is 0.000000241. The molecule has 3 nitrogen and oxygen atoms in total. The number of carboxylic acid groups (broad SMARTS) is 1. The summed E-state index contributed by atoms with van der Waals surface area (Å²) in [7, 11) is 0. The molecule has 1 saturated heterocycles. The lowest BCUT2D eigenvalue weighted by Gasteiger charge is -2.26. The highest BCUT2D eigenvalue weighted by Gasteiger charge is 2.38. The number of halogens is 4. The summed E-state index contributed by atoms with van der Waals surface area (Å²) in [6, 6.07) is 0.505. The zero-order valence-electron chi connectivity index (χ0n) is 7.27. The van der Waals surface area contributed by atoms with Gasteiger partial charge >= 0.3 is 12.1 Å². The van der Waals surface area contributed by atoms with Gasteiger partial charge in [0.2, 0.25) is 0 Å². The average molecular weight is 217 g/mol. The van der Waals surface area contributed by atoms with E-state index >= 15 is 0 Å². The van der Waals surface area contributed by atoms with Crippen molar-refractivity contribution in [2.45, 2.75) is 25.1 Å². The summed E-state index contributed by atoms with van der Waals surface area (Å²) in [4.78, 5) is 8.90. The molecule has 1 rings (SSSR count). The number of carbonyl (C=O) groups is 1. The van der Waals surface area contributed by atoms with Crippen LogP contribution in [0.25, 0.3) is 0 Å². The second-order valence-electron chi connectivity index (χ2n) is 2.72. The van der Waals surface area contributed by atoms with Gasteiger partial charge in [-0.15, -0.1) is 0 Å². The van der Waals surface area contributed by atoms with Crippen molar-refractivity contribution >= 4 is 5.97 Å². The molecule has 0 saturated carbocycles. The number of alkyl halides is 4. The molecule has 0 bridgehead atoms. The van der Waals surface area contributed by atoms with E-state index in [0.717, 1.165) is 6.54 Å². The van der Waals surface area contributed by atoms with Crippen molar-refractivity contribution in [1.29, 1.82) is 0 Å². The first-order valence-electron chi connectivity index (χ1n) is 3.97. The molecular weight excluding hydrogens is 206 g/mol. The molecule has 0 amide bonds. The summed E-state index contributed by atoms with van der Waals surface area (Å²) in [5.74, 6) is -2.76. The smallest absolute Gasteiger partial charge is 0.475 e. The lowest BCUT2D eigenvalue weighted by atomic mass is 10.1. The maximum Gasteiger partial charge on any atom is 0.490 e. The van der Waals surface area contributed by atoms with Gasteiger partial charge in [-0.05, 0) is 19.4 Å². The van der Waals surface area contributed by atoms with Crippen molar-refractivity contribution in [3.63, 3.8) is 0 Å². The van der Waals surface area contributed by atoms with Gasteiger partial charge in [-0.2, -0.15) is 13.2 Å². The fourth-order valence-electron chi connectivity index (χ4n) is 0.727. The Morgan fingerprint density at radius 3 is 2.00 bits per heavy atom. The van der Waals surface area contributed by atoms with E-state index in [1.54, 1.807) is 0 Å². The summed E-state index contributed by atoms with van der Waals surface area (Å²) >= 11 is 0. The Hall–Kier alpha value is -0.850. The topological polar surface area (TPSA) is 49.3 Å². The molecule has 0 aromatic heterocycles. The van der Waals surface area contributed by atoms with Gasteiger partial charge in [0, 0.05) is 6.04 Å². The van der Waals surface area contributed by atoms with Crippen LogP contribution in [0.4, 0.5) is 17.6 Å². The Morgan fingerprint density at radius 1 is 1.50 bits per heavy atom. The molecule has 1 fully saturated rings. The lowest BCUT2D eigenvalue weighted by molar-refractivity contribution is -0.192. The van der Waals surface area contributed by atoms with E-state index < -0.39 is 12.1 Å². The summed E-state index contributed by atoms with van der Waals surface area (Å²) in [6.45, 7) is 0.919. The lowest BCUT2D eigenvalue weighted by Crippen LogP contribution is -2.42. The molecule has 1 unspecified atom stereocenters. The fraction of sp³-hybridized carbons (Fsp3) is 0.857. The summed E-state index contributed by atoms with van der Waals surface area (Å²) in [5, 5.41) is 10.2. The normalized spacial score (nSPS) is 20.4. The maximum atomic E-state index is 11.4. The van der Waals surface area contributed by atoms with Gasteiger partial charge in [0.15, 0.2) is 0 Å². The molecule has 0 spiro atoms. The molecule has 1 atom stereocenters. The van der Waals surface area contributed by atoms with Crippen LogP contribution in [0.15, 0.2) is 0 Å². The van der Waals surface area contributed by atoms with E-state index in [1.165, 1.54) is 6.42 Å². The minimum Gasteiger partial charge on any atom is -0.475 e. The molecular formula is C7H11F4NO2. The number of carboxylic acids is 1. The standard InChI is InChI=1S/C5H10FN.C2HF3O2/c6-3-1-5-2-4-7-5;3-2(4,5)1(6)7/h5,7H,1-4H2;(H,6,7). The molecule has 1 heterocycles. The van der Waals surface area contributed by atoms with Gasteiger partial charge in [0.25, 0.3) is 0 Å². The third kappa shape index (κ3) is 5.74. The van der Waals surface area contributed by atoms with Crippen molar-refractivity contribution in [2.24, 2.45) is 0 Å². The highest BCUT2D eigenvalue weighted by molar-refractivity contribution is 5.73. The molecule has 0 aliphatic carbocycles. The fourth-order valence-corrected chi connectivity index (χ4v) is 0.727. The minimum atomic E-state index is -5.08. The van der Waals surface area contributed by atoms with Crippen LogP contribution in [0, 0.1) is 0 Å². The third-order valence-corrected chi connectivity index (χ3v) is 1.63. The summed E-state index contributed by atoms with van der Waals surface area (Å²) in [5.41, 5.74) is 0. The summed E-state index contributed by atoms with van der Waals surface area (Å²) in [6.07, 6.45) is -3.20. The average Bonchev–Trinajstić information content (AvgIpc) is 1.96. The largest absolute Gasteiger partial charge is 0.490 e. The van der Waals surface area contributed by atoms with Gasteiger partial charge in [0.05, 0.1) is 6.67 Å². The Labute approximate surface area is 78.1 Å². The van der Waals surface area contributed by atoms with Crippen molar-refractivity contribution < 1.29 is 27.5 Å². The van der Waals surface area contributed by atoms with Crippen LogP contribution < -0.4 is 5.32 Å². The van der Waals surface area contributed by atoms with E-state index in [9.17, 15) is 17.6 Å². The monoisotopic (exact) mass is 217 g/mol. The molecule has 1 aliphatic rings. The minimum absolute atomic E-state index is 0.169. The molecule has 14 heavy (non-hydrogen) atoms. The maximum absolute atomic E-state index is 11.4. The Kier molecular flexibility index (Phi) is 5.44. The number of rotatable bonds is 2. The first-order chi connectivity index (χ1) is 6.38. The van der Waals surface area contributed by atoms with E-state index in [0.29, 0.717) is 12.5 Å². The van der Waals surface area contributed by atoms with Crippen LogP contribution in [0.2, 0.25) is 0 Å². The predicted molar refractivity (Wildman–Crippen MR) is 40.7 cm³/mol. The number of aliphatic carboxylic acids is 1. The zero-order chi connectivity index (χ0) is 11.2. The zero-order valence-corrected chi connectivity index (χ0v) is 7.27. The highest BCUT2D eigenvalue weighted by atomic mass is 19.4. The number of nitrogens with one attached hydrogen (secondary N) is 1. The molecule has 0 radical (unpaired) electrons. The number of hydrogen-bond acceptors (Lipinski definition) is 2. The van der Waals surface area contributed by atoms with Gasteiger partial charge < -0.3 is 10.4 Å². The van der Waals surface area contributed by atoms with Crippen LogP contribution in [0.1, 0.15) is 12.8 Å². The molecule has 2 N–H and O–H groups in total. The van der Waals surface area contributed by atoms with Crippen LogP contribution in [-0.4, -0.2) is 36.5 Å². The van der Waals surface area contributed by atoms with E-state index in [2.05, 4.69) is 5.32 Å². The Morgan fingerprint density at radius 2 is 1.93 bits per heavy atom. The van der Waals surface area contributed by atoms with Gasteiger partial charge in [-0.3, -0.25) is 4.39 Å². The van der Waals surface area contributed by atoms with Crippen LogP contribution >= 0.6 is 0 Å². The van der Waals surface area contributed by atoms with Crippen molar-refractivity contribution in [1.82, 2.24) is 5.32 Å². The van der Waals surface area contributed by atoms with Crippen LogP contribution in [0.3, 0.4) is 0 Å². The van der Waals surface area contributed by atoms with E-state index in [1.807, 2.05) is 0 Å². The van der Waals surface area contributed by atoms with Gasteiger partial charge in [0.1, 0.15) is 0 Å². The van der Waals surface area contributed by atoms with Crippen molar-refractivity contribution in [3.05, 3.63) is 0 Å². The second-order valence-corrected chi connectivity index (χ2v) is 2.72. The molecule has 7 heteroatoms. The van der Waals surface area contributed by atoms with Gasteiger partial charge in [-0.25, -0.2) is 4.79 Å². The summed E-state index contributed by atoms with van der Waals surface area (Å²) < 4.78 is 43.2. The predicted octanol–water partition coefficient (Wildman–Crippen LogP) is 1.34. The first kappa shape index (κ1) is 13.2. The SMILES string of the molecule is FCCC1CCN1.O=C(O)C(F)(F)F. The number of hydrogen-bond donors (Lipinski definition) is 2. The van der Waals surface area contributed by atoms with Crippen LogP contribution in [0.5, 0.6) is 0 Å². The quantitative estimate of drug-likeness (QED) is 0.686. The van der Waals surface area contributed by atoms with Crippen LogP contribution in [-0.2, 0) is 4.79 Å². The first-order valence-corrected chi connectivity index (χ1v) is 3.97. The van der Waals surface area contributed by atoms with Crippen molar-refractivity contribution in [2.75, 3.05) is 13.2 Å². The van der Waals surface area contributed by atoms with Crippen molar-refractivity contribution in [3.8, 4) is 0 Å². The molecule has 1 aliphatic heterocycles. The molecule has 84 valence electrons. The third-order valence-electron chi connectivity index (χ3n) is 1.63. The van der Waals surface area contributed by atoms with E-state index in [4.69, 9.17) is 9.90 Å². The van der Waals surface area contributed by atoms with E-state index in [-0.39, 0.29) is 6.67 Å².